The fourth-order valence-corrected chi connectivity index (χ4v) is 4.35. The van der Waals surface area contributed by atoms with Gasteiger partial charge in [0.1, 0.15) is 5.75 Å². The van der Waals surface area contributed by atoms with Gasteiger partial charge in [0.15, 0.2) is 5.60 Å². The van der Waals surface area contributed by atoms with Crippen molar-refractivity contribution >= 4 is 21.7 Å². The number of Topliss-reactive ketones (excluding diaryl/α,β-unsaturated/α-hetero) is 1. The first-order valence-electron chi connectivity index (χ1n) is 8.27. The Labute approximate surface area is 145 Å². The number of carbonyl (C=O) groups is 1. The van der Waals surface area contributed by atoms with E-state index in [-0.39, 0.29) is 11.2 Å². The van der Waals surface area contributed by atoms with E-state index in [1.54, 1.807) is 0 Å². The molecule has 0 amide bonds. The van der Waals surface area contributed by atoms with Gasteiger partial charge in [0.05, 0.1) is 0 Å². The Balaban J connectivity index is 1.93. The van der Waals surface area contributed by atoms with Gasteiger partial charge in [-0.15, -0.1) is 0 Å². The van der Waals surface area contributed by atoms with Gasteiger partial charge in [-0.3, -0.25) is 4.79 Å². The number of benzene rings is 1. The molecule has 0 saturated carbocycles. The third-order valence-electron chi connectivity index (χ3n) is 5.18. The average Bonchev–Trinajstić information content (AvgIpc) is 2.47. The number of hydrogen-bond donors (Lipinski definition) is 0. The fourth-order valence-electron chi connectivity index (χ4n) is 3.80. The number of allylic oxidation sites excluding steroid dienone is 2. The Hall–Kier alpha value is -1.35. The largest absolute Gasteiger partial charge is 0.474 e. The van der Waals surface area contributed by atoms with Crippen LogP contribution in [0, 0.1) is 5.41 Å². The van der Waals surface area contributed by atoms with Crippen molar-refractivity contribution in [3.63, 3.8) is 0 Å². The molecule has 3 aliphatic rings. The minimum atomic E-state index is -0.789. The van der Waals surface area contributed by atoms with Crippen molar-refractivity contribution in [3.05, 3.63) is 51.0 Å². The second kappa shape index (κ2) is 4.83. The van der Waals surface area contributed by atoms with E-state index < -0.39 is 5.60 Å². The second-order valence-corrected chi connectivity index (χ2v) is 8.81. The highest BCUT2D eigenvalue weighted by molar-refractivity contribution is 9.10. The van der Waals surface area contributed by atoms with Crippen molar-refractivity contribution in [2.45, 2.75) is 52.1 Å². The van der Waals surface area contributed by atoms with Crippen LogP contribution in [0.2, 0.25) is 0 Å². The Morgan fingerprint density at radius 3 is 2.52 bits per heavy atom. The molecule has 2 aliphatic heterocycles. The van der Waals surface area contributed by atoms with E-state index in [0.29, 0.717) is 0 Å². The Morgan fingerprint density at radius 1 is 1.13 bits per heavy atom. The highest BCUT2D eigenvalue weighted by Crippen LogP contribution is 2.46. The molecule has 4 rings (SSSR count). The summed E-state index contributed by atoms with van der Waals surface area (Å²) in [5.41, 5.74) is 3.80. The number of ether oxygens (including phenoxy) is 1. The van der Waals surface area contributed by atoms with Crippen LogP contribution in [0.25, 0.3) is 0 Å². The lowest BCUT2D eigenvalue weighted by atomic mass is 9.71. The van der Waals surface area contributed by atoms with Gasteiger partial charge < -0.3 is 4.74 Å². The van der Waals surface area contributed by atoms with Gasteiger partial charge >= 0.3 is 0 Å². The summed E-state index contributed by atoms with van der Waals surface area (Å²) in [5.74, 6) is 1.11. The van der Waals surface area contributed by atoms with E-state index in [1.807, 2.05) is 0 Å². The number of aryl methyl sites for hydroxylation is 2. The van der Waals surface area contributed by atoms with E-state index in [9.17, 15) is 4.79 Å². The van der Waals surface area contributed by atoms with Gasteiger partial charge in [0.2, 0.25) is 5.78 Å². The zero-order chi connectivity index (χ0) is 16.4. The third-order valence-corrected chi connectivity index (χ3v) is 5.64. The fraction of sp³-hybridized carbons (Fsp3) is 0.450. The third kappa shape index (κ3) is 2.32. The summed E-state index contributed by atoms with van der Waals surface area (Å²) in [6.07, 6.45) is 7.46. The Bertz CT molecular complexity index is 780. The Morgan fingerprint density at radius 2 is 1.83 bits per heavy atom. The average molecular weight is 373 g/mol. The summed E-state index contributed by atoms with van der Waals surface area (Å²) in [5, 5.41) is 0. The molecule has 120 valence electrons. The van der Waals surface area contributed by atoms with E-state index in [4.69, 9.17) is 4.74 Å². The predicted octanol–water partition coefficient (Wildman–Crippen LogP) is 4.94. The van der Waals surface area contributed by atoms with Crippen LogP contribution in [0.5, 0.6) is 5.75 Å². The van der Waals surface area contributed by atoms with Gasteiger partial charge in [0.25, 0.3) is 0 Å². The number of halogens is 1. The van der Waals surface area contributed by atoms with Crippen LogP contribution in [-0.4, -0.2) is 11.4 Å². The molecule has 0 radical (unpaired) electrons. The van der Waals surface area contributed by atoms with E-state index in [1.165, 1.54) is 16.7 Å². The summed E-state index contributed by atoms with van der Waals surface area (Å²) in [6, 6.07) is 4.27. The normalized spacial score (nSPS) is 25.8. The van der Waals surface area contributed by atoms with Crippen LogP contribution < -0.4 is 4.74 Å². The molecule has 1 aromatic rings. The maximum atomic E-state index is 13.1. The minimum Gasteiger partial charge on any atom is -0.474 e. The van der Waals surface area contributed by atoms with Gasteiger partial charge in [-0.05, 0) is 59.6 Å². The lowest BCUT2D eigenvalue weighted by Crippen LogP contribution is -2.49. The summed E-state index contributed by atoms with van der Waals surface area (Å²) in [7, 11) is 0. The van der Waals surface area contributed by atoms with Crippen LogP contribution in [0.4, 0.5) is 0 Å². The molecule has 3 heteroatoms. The van der Waals surface area contributed by atoms with Crippen molar-refractivity contribution < 1.29 is 9.53 Å². The van der Waals surface area contributed by atoms with Crippen molar-refractivity contribution in [1.82, 2.24) is 0 Å². The lowest BCUT2D eigenvalue weighted by Gasteiger charge is -2.42. The molecule has 1 aliphatic carbocycles. The van der Waals surface area contributed by atoms with Crippen LogP contribution >= 0.6 is 15.9 Å². The van der Waals surface area contributed by atoms with Crippen LogP contribution in [0.1, 0.15) is 44.7 Å². The molecular weight excluding hydrogens is 352 g/mol. The molecule has 1 atom stereocenters. The zero-order valence-electron chi connectivity index (χ0n) is 13.8. The SMILES string of the molecule is CC(C)(C)C1=CC23CCc4cc(Br)cc(c4O2)CCC(=C1)C3=O. The summed E-state index contributed by atoms with van der Waals surface area (Å²) < 4.78 is 7.52. The standard InChI is InChI=1S/C20H21BrO2/c1-19(2,3)15-8-14-5-4-12-9-16(21)10-13-6-7-20(11-15,18(14)22)23-17(12)13/h8-11H,4-7H2,1-3H3. The first kappa shape index (κ1) is 15.2. The summed E-state index contributed by atoms with van der Waals surface area (Å²) in [6.45, 7) is 6.59. The molecule has 0 aromatic heterocycles. The topological polar surface area (TPSA) is 26.3 Å². The number of ketones is 1. The van der Waals surface area contributed by atoms with Gasteiger partial charge in [-0.25, -0.2) is 0 Å². The first-order chi connectivity index (χ1) is 10.8. The van der Waals surface area contributed by atoms with Crippen LogP contribution in [0.3, 0.4) is 0 Å². The highest BCUT2D eigenvalue weighted by Gasteiger charge is 2.47. The summed E-state index contributed by atoms with van der Waals surface area (Å²) in [4.78, 5) is 13.1. The molecule has 1 unspecified atom stereocenters. The quantitative estimate of drug-likeness (QED) is 0.644. The predicted molar refractivity (Wildman–Crippen MR) is 94.8 cm³/mol. The Kier molecular flexibility index (Phi) is 3.19. The molecule has 0 N–H and O–H groups in total. The number of fused-ring (bicyclic) bond motifs is 1. The molecule has 1 spiro atoms. The second-order valence-electron chi connectivity index (χ2n) is 7.89. The van der Waals surface area contributed by atoms with Crippen molar-refractivity contribution in [1.29, 1.82) is 0 Å². The van der Waals surface area contributed by atoms with Gasteiger partial charge in [0, 0.05) is 16.5 Å². The summed E-state index contributed by atoms with van der Waals surface area (Å²) >= 11 is 3.60. The van der Waals surface area contributed by atoms with Gasteiger partial charge in [-0.2, -0.15) is 0 Å². The van der Waals surface area contributed by atoms with Gasteiger partial charge in [-0.1, -0.05) is 42.8 Å². The number of carbonyl (C=O) groups excluding carboxylic acids is 1. The molecule has 0 fully saturated rings. The molecule has 3 bridgehead atoms. The maximum Gasteiger partial charge on any atom is 0.206 e. The molecule has 0 saturated heterocycles. The first-order valence-corrected chi connectivity index (χ1v) is 9.07. The van der Waals surface area contributed by atoms with Crippen molar-refractivity contribution in [2.75, 3.05) is 0 Å². The molecular formula is C20H21BrO2. The van der Waals surface area contributed by atoms with E-state index >= 15 is 0 Å². The highest BCUT2D eigenvalue weighted by atomic mass is 79.9. The van der Waals surface area contributed by atoms with E-state index in [2.05, 4.69) is 61.0 Å². The van der Waals surface area contributed by atoms with Crippen molar-refractivity contribution in [2.24, 2.45) is 5.41 Å². The molecule has 23 heavy (non-hydrogen) atoms. The lowest BCUT2D eigenvalue weighted by molar-refractivity contribution is -0.128. The maximum absolute atomic E-state index is 13.1. The zero-order valence-corrected chi connectivity index (χ0v) is 15.4. The number of hydrogen-bond acceptors (Lipinski definition) is 2. The van der Waals surface area contributed by atoms with Crippen molar-refractivity contribution in [3.8, 4) is 5.75 Å². The molecule has 1 aromatic carbocycles. The van der Waals surface area contributed by atoms with Crippen LogP contribution in [-0.2, 0) is 17.6 Å². The monoisotopic (exact) mass is 372 g/mol. The van der Waals surface area contributed by atoms with Crippen LogP contribution in [0.15, 0.2) is 39.9 Å². The smallest absolute Gasteiger partial charge is 0.206 e. The minimum absolute atomic E-state index is 0.0182. The number of rotatable bonds is 0. The van der Waals surface area contributed by atoms with E-state index in [0.717, 1.165) is 41.5 Å². The molecule has 2 heterocycles. The molecule has 2 nitrogen and oxygen atoms in total.